The topological polar surface area (TPSA) is 61.4 Å². The predicted molar refractivity (Wildman–Crippen MR) is 73.7 cm³/mol. The Morgan fingerprint density at radius 3 is 2.61 bits per heavy atom. The molecule has 1 rings (SSSR count). The van der Waals surface area contributed by atoms with Gasteiger partial charge in [-0.3, -0.25) is 0 Å². The SMILES string of the molecule is CCc1ccccc1NC(=O)NC[C@H](O)C(C)C. The number of aliphatic hydroxyl groups is 1. The normalized spacial score (nSPS) is 12.3. The molecule has 0 saturated heterocycles. The monoisotopic (exact) mass is 250 g/mol. The summed E-state index contributed by atoms with van der Waals surface area (Å²) in [6, 6.07) is 7.41. The minimum Gasteiger partial charge on any atom is -0.391 e. The van der Waals surface area contributed by atoms with Crippen molar-refractivity contribution in [2.24, 2.45) is 5.92 Å². The van der Waals surface area contributed by atoms with Gasteiger partial charge in [-0.1, -0.05) is 39.0 Å². The van der Waals surface area contributed by atoms with Gasteiger partial charge in [0.2, 0.25) is 0 Å². The van der Waals surface area contributed by atoms with Crippen molar-refractivity contribution >= 4 is 11.7 Å². The zero-order chi connectivity index (χ0) is 13.5. The third-order valence-electron chi connectivity index (χ3n) is 2.89. The molecule has 0 fully saturated rings. The van der Waals surface area contributed by atoms with Crippen molar-refractivity contribution < 1.29 is 9.90 Å². The summed E-state index contributed by atoms with van der Waals surface area (Å²) < 4.78 is 0. The number of urea groups is 1. The molecule has 18 heavy (non-hydrogen) atoms. The van der Waals surface area contributed by atoms with E-state index < -0.39 is 6.10 Å². The number of amides is 2. The van der Waals surface area contributed by atoms with Crippen molar-refractivity contribution in [2.75, 3.05) is 11.9 Å². The molecular weight excluding hydrogens is 228 g/mol. The van der Waals surface area contributed by atoms with Crippen molar-refractivity contribution in [3.63, 3.8) is 0 Å². The Kier molecular flexibility index (Phi) is 5.65. The van der Waals surface area contributed by atoms with Crippen LogP contribution in [0.2, 0.25) is 0 Å². The Hall–Kier alpha value is -1.55. The van der Waals surface area contributed by atoms with Gasteiger partial charge in [0.1, 0.15) is 0 Å². The number of rotatable bonds is 5. The fraction of sp³-hybridized carbons (Fsp3) is 0.500. The lowest BCUT2D eigenvalue weighted by atomic mass is 10.1. The van der Waals surface area contributed by atoms with E-state index in [1.54, 1.807) is 0 Å². The van der Waals surface area contributed by atoms with Crippen LogP contribution in [0.4, 0.5) is 10.5 Å². The quantitative estimate of drug-likeness (QED) is 0.751. The summed E-state index contributed by atoms with van der Waals surface area (Å²) in [6.07, 6.45) is 0.350. The van der Waals surface area contributed by atoms with Crippen molar-refractivity contribution in [1.29, 1.82) is 0 Å². The van der Waals surface area contributed by atoms with Gasteiger partial charge < -0.3 is 15.7 Å². The van der Waals surface area contributed by atoms with Crippen LogP contribution in [-0.2, 0) is 6.42 Å². The highest BCUT2D eigenvalue weighted by Crippen LogP contribution is 2.14. The molecule has 0 spiro atoms. The van der Waals surface area contributed by atoms with Crippen LogP contribution in [0.1, 0.15) is 26.3 Å². The molecule has 4 heteroatoms. The number of carbonyl (C=O) groups excluding carboxylic acids is 1. The summed E-state index contributed by atoms with van der Waals surface area (Å²) in [6.45, 7) is 6.13. The van der Waals surface area contributed by atoms with Gasteiger partial charge in [0.25, 0.3) is 0 Å². The Bertz CT molecular complexity index is 391. The third kappa shape index (κ3) is 4.37. The van der Waals surface area contributed by atoms with Crippen LogP contribution in [-0.4, -0.2) is 23.8 Å². The van der Waals surface area contributed by atoms with Crippen LogP contribution in [0.15, 0.2) is 24.3 Å². The first kappa shape index (κ1) is 14.5. The van der Waals surface area contributed by atoms with Crippen molar-refractivity contribution in [1.82, 2.24) is 5.32 Å². The molecule has 0 aromatic heterocycles. The maximum absolute atomic E-state index is 11.7. The van der Waals surface area contributed by atoms with Crippen LogP contribution >= 0.6 is 0 Å². The lowest BCUT2D eigenvalue weighted by Gasteiger charge is -2.16. The van der Waals surface area contributed by atoms with Gasteiger partial charge in [0.15, 0.2) is 0 Å². The summed E-state index contributed by atoms with van der Waals surface area (Å²) in [5, 5.41) is 15.1. The van der Waals surface area contributed by atoms with E-state index in [0.29, 0.717) is 0 Å². The molecule has 4 nitrogen and oxygen atoms in total. The van der Waals surface area contributed by atoms with E-state index in [0.717, 1.165) is 17.7 Å². The van der Waals surface area contributed by atoms with Crippen LogP contribution in [0.3, 0.4) is 0 Å². The van der Waals surface area contributed by atoms with Gasteiger partial charge in [-0.15, -0.1) is 0 Å². The molecule has 0 aliphatic heterocycles. The van der Waals surface area contributed by atoms with Gasteiger partial charge in [0, 0.05) is 12.2 Å². The lowest BCUT2D eigenvalue weighted by molar-refractivity contribution is 0.126. The van der Waals surface area contributed by atoms with E-state index in [-0.39, 0.29) is 18.5 Å². The molecular formula is C14H22N2O2. The zero-order valence-corrected chi connectivity index (χ0v) is 11.2. The fourth-order valence-electron chi connectivity index (χ4n) is 1.55. The van der Waals surface area contributed by atoms with Crippen molar-refractivity contribution in [3.8, 4) is 0 Å². The summed E-state index contributed by atoms with van der Waals surface area (Å²) in [5.41, 5.74) is 1.91. The summed E-state index contributed by atoms with van der Waals surface area (Å²) in [4.78, 5) is 11.7. The molecule has 0 aliphatic carbocycles. The molecule has 1 aromatic rings. The first-order chi connectivity index (χ1) is 8.54. The standard InChI is InChI=1S/C14H22N2O2/c1-4-11-7-5-6-8-12(11)16-14(18)15-9-13(17)10(2)3/h5-8,10,13,17H,4,9H2,1-3H3,(H2,15,16,18)/t13-/m0/s1. The van der Waals surface area contributed by atoms with Crippen LogP contribution in [0.5, 0.6) is 0 Å². The number of aliphatic hydroxyl groups excluding tert-OH is 1. The van der Waals surface area contributed by atoms with Gasteiger partial charge >= 0.3 is 6.03 Å². The number of benzene rings is 1. The molecule has 0 aliphatic rings. The van der Waals surface area contributed by atoms with Crippen molar-refractivity contribution in [2.45, 2.75) is 33.3 Å². The maximum Gasteiger partial charge on any atom is 0.319 e. The average Bonchev–Trinajstić information content (AvgIpc) is 2.36. The number of aryl methyl sites for hydroxylation is 1. The minimum absolute atomic E-state index is 0.133. The van der Waals surface area contributed by atoms with Crippen LogP contribution < -0.4 is 10.6 Å². The first-order valence-corrected chi connectivity index (χ1v) is 6.35. The second-order valence-corrected chi connectivity index (χ2v) is 4.66. The van der Waals surface area contributed by atoms with E-state index in [1.165, 1.54) is 0 Å². The number of carbonyl (C=O) groups is 1. The number of hydrogen-bond donors (Lipinski definition) is 3. The molecule has 0 saturated carbocycles. The second kappa shape index (κ2) is 7.01. The van der Waals surface area contributed by atoms with E-state index in [9.17, 15) is 9.90 Å². The number of nitrogens with one attached hydrogen (secondary N) is 2. The van der Waals surface area contributed by atoms with E-state index in [4.69, 9.17) is 0 Å². The number of anilines is 1. The smallest absolute Gasteiger partial charge is 0.319 e. The van der Waals surface area contributed by atoms with Crippen molar-refractivity contribution in [3.05, 3.63) is 29.8 Å². The van der Waals surface area contributed by atoms with Gasteiger partial charge in [-0.2, -0.15) is 0 Å². The summed E-state index contributed by atoms with van der Waals surface area (Å²) in [5.74, 6) is 0.133. The molecule has 3 N–H and O–H groups in total. The molecule has 2 amide bonds. The molecule has 0 bridgehead atoms. The second-order valence-electron chi connectivity index (χ2n) is 4.66. The van der Waals surface area contributed by atoms with Gasteiger partial charge in [-0.05, 0) is 24.0 Å². The highest BCUT2D eigenvalue weighted by atomic mass is 16.3. The highest BCUT2D eigenvalue weighted by molar-refractivity contribution is 5.90. The Morgan fingerprint density at radius 1 is 1.33 bits per heavy atom. The molecule has 1 aromatic carbocycles. The Balaban J connectivity index is 2.49. The molecule has 0 heterocycles. The van der Waals surface area contributed by atoms with Gasteiger partial charge in [-0.25, -0.2) is 4.79 Å². The Morgan fingerprint density at radius 2 is 2.00 bits per heavy atom. The molecule has 1 atom stereocenters. The number of para-hydroxylation sites is 1. The van der Waals surface area contributed by atoms with Gasteiger partial charge in [0.05, 0.1) is 6.10 Å². The molecule has 0 unspecified atom stereocenters. The average molecular weight is 250 g/mol. The maximum atomic E-state index is 11.7. The number of hydrogen-bond acceptors (Lipinski definition) is 2. The minimum atomic E-state index is -0.517. The third-order valence-corrected chi connectivity index (χ3v) is 2.89. The predicted octanol–water partition coefficient (Wildman–Crippen LogP) is 2.39. The van der Waals surface area contributed by atoms with E-state index >= 15 is 0 Å². The van der Waals surface area contributed by atoms with E-state index in [1.807, 2.05) is 45.0 Å². The largest absolute Gasteiger partial charge is 0.391 e. The zero-order valence-electron chi connectivity index (χ0n) is 11.2. The fourth-order valence-corrected chi connectivity index (χ4v) is 1.55. The Labute approximate surface area is 108 Å². The first-order valence-electron chi connectivity index (χ1n) is 6.35. The summed E-state index contributed by atoms with van der Waals surface area (Å²) in [7, 11) is 0. The summed E-state index contributed by atoms with van der Waals surface area (Å²) >= 11 is 0. The molecule has 100 valence electrons. The highest BCUT2D eigenvalue weighted by Gasteiger charge is 2.11. The lowest BCUT2D eigenvalue weighted by Crippen LogP contribution is -2.37. The molecule has 0 radical (unpaired) electrons. The van der Waals surface area contributed by atoms with Crippen LogP contribution in [0.25, 0.3) is 0 Å². The van der Waals surface area contributed by atoms with E-state index in [2.05, 4.69) is 10.6 Å². The van der Waals surface area contributed by atoms with Crippen LogP contribution in [0, 0.1) is 5.92 Å².